The molecule has 0 radical (unpaired) electrons. The first-order valence-electron chi connectivity index (χ1n) is 6.95. The molecule has 5 nitrogen and oxygen atoms in total. The Morgan fingerprint density at radius 3 is 2.68 bits per heavy atom. The number of rotatable bonds is 6. The Morgan fingerprint density at radius 2 is 2.16 bits per heavy atom. The number of hydrogen-bond acceptors (Lipinski definition) is 5. The summed E-state index contributed by atoms with van der Waals surface area (Å²) in [7, 11) is 1.91. The Hall–Kier alpha value is -1.12. The molecule has 0 heterocycles. The van der Waals surface area contributed by atoms with Crippen molar-refractivity contribution in [1.82, 2.24) is 4.90 Å². The van der Waals surface area contributed by atoms with Crippen LogP contribution in [0.3, 0.4) is 0 Å². The van der Waals surface area contributed by atoms with Gasteiger partial charge >= 0.3 is 5.97 Å². The lowest BCUT2D eigenvalue weighted by molar-refractivity contribution is -0.151. The lowest BCUT2D eigenvalue weighted by Crippen LogP contribution is -2.45. The van der Waals surface area contributed by atoms with Crippen LogP contribution in [0, 0.1) is 17.2 Å². The summed E-state index contributed by atoms with van der Waals surface area (Å²) in [6, 6.07) is 2.10. The van der Waals surface area contributed by atoms with Gasteiger partial charge < -0.3 is 14.7 Å². The van der Waals surface area contributed by atoms with E-state index in [1.807, 2.05) is 11.9 Å². The summed E-state index contributed by atoms with van der Waals surface area (Å²) in [6.45, 7) is 3.45. The Balaban J connectivity index is 2.38. The number of nitriles is 1. The third-order valence-electron chi connectivity index (χ3n) is 3.71. The van der Waals surface area contributed by atoms with Crippen molar-refractivity contribution in [2.24, 2.45) is 5.92 Å². The number of esters is 1. The van der Waals surface area contributed by atoms with E-state index in [-0.39, 0.29) is 11.9 Å². The minimum atomic E-state index is -0.729. The second-order valence-corrected chi connectivity index (χ2v) is 5.40. The van der Waals surface area contributed by atoms with Crippen LogP contribution in [0.25, 0.3) is 0 Å². The minimum Gasteiger partial charge on any atom is -0.466 e. The molecular formula is C14H24N2O3. The maximum atomic E-state index is 11.6. The van der Waals surface area contributed by atoms with E-state index >= 15 is 0 Å². The van der Waals surface area contributed by atoms with Crippen molar-refractivity contribution in [2.75, 3.05) is 26.7 Å². The Bertz CT molecular complexity index is 330. The molecular weight excluding hydrogens is 244 g/mol. The average Bonchev–Trinajstić information content (AvgIpc) is 2.37. The molecule has 19 heavy (non-hydrogen) atoms. The van der Waals surface area contributed by atoms with Crippen molar-refractivity contribution in [3.05, 3.63) is 0 Å². The summed E-state index contributed by atoms with van der Waals surface area (Å²) in [5.41, 5.74) is -0.729. The molecule has 1 aliphatic rings. The molecule has 1 saturated carbocycles. The van der Waals surface area contributed by atoms with Crippen LogP contribution in [0.2, 0.25) is 0 Å². The molecule has 0 atom stereocenters. The summed E-state index contributed by atoms with van der Waals surface area (Å²) in [4.78, 5) is 13.6. The van der Waals surface area contributed by atoms with Gasteiger partial charge in [0, 0.05) is 19.5 Å². The van der Waals surface area contributed by atoms with Gasteiger partial charge in [-0.25, -0.2) is 0 Å². The molecule has 0 bridgehead atoms. The van der Waals surface area contributed by atoms with Gasteiger partial charge in [-0.05, 0) is 39.7 Å². The van der Waals surface area contributed by atoms with E-state index in [9.17, 15) is 9.90 Å². The number of aliphatic hydroxyl groups is 1. The van der Waals surface area contributed by atoms with Gasteiger partial charge in [-0.1, -0.05) is 0 Å². The van der Waals surface area contributed by atoms with Crippen LogP contribution >= 0.6 is 0 Å². The zero-order valence-electron chi connectivity index (χ0n) is 11.9. The second-order valence-electron chi connectivity index (χ2n) is 5.40. The quantitative estimate of drug-likeness (QED) is 0.735. The zero-order chi connectivity index (χ0) is 14.3. The number of ether oxygens (including phenoxy) is 1. The SMILES string of the molecule is CCOC(=O)C1CCC(O)(CN(C)CCC#N)CC1. The van der Waals surface area contributed by atoms with Gasteiger partial charge in [-0.2, -0.15) is 5.26 Å². The number of carbonyl (C=O) groups excluding carboxylic acids is 1. The normalized spacial score (nSPS) is 27.0. The maximum absolute atomic E-state index is 11.6. The van der Waals surface area contributed by atoms with Crippen LogP contribution in [0.15, 0.2) is 0 Å². The predicted molar refractivity (Wildman–Crippen MR) is 71.3 cm³/mol. The molecule has 1 fully saturated rings. The molecule has 1 aliphatic carbocycles. The molecule has 0 saturated heterocycles. The van der Waals surface area contributed by atoms with Gasteiger partial charge in [-0.15, -0.1) is 0 Å². The van der Waals surface area contributed by atoms with Crippen molar-refractivity contribution in [1.29, 1.82) is 5.26 Å². The van der Waals surface area contributed by atoms with Crippen LogP contribution in [-0.4, -0.2) is 48.3 Å². The molecule has 5 heteroatoms. The van der Waals surface area contributed by atoms with Crippen LogP contribution in [0.5, 0.6) is 0 Å². The molecule has 0 unspecified atom stereocenters. The van der Waals surface area contributed by atoms with E-state index in [0.717, 1.165) is 0 Å². The minimum absolute atomic E-state index is 0.0651. The monoisotopic (exact) mass is 268 g/mol. The van der Waals surface area contributed by atoms with Gasteiger partial charge in [0.2, 0.25) is 0 Å². The first kappa shape index (κ1) is 15.9. The summed E-state index contributed by atoms with van der Waals surface area (Å²) < 4.78 is 5.02. The molecule has 108 valence electrons. The van der Waals surface area contributed by atoms with Crippen molar-refractivity contribution in [3.8, 4) is 6.07 Å². The molecule has 0 aliphatic heterocycles. The first-order valence-corrected chi connectivity index (χ1v) is 6.95. The van der Waals surface area contributed by atoms with Crippen molar-refractivity contribution >= 4 is 5.97 Å². The number of likely N-dealkylation sites (N-methyl/N-ethyl adjacent to an activating group) is 1. The number of carbonyl (C=O) groups is 1. The summed E-state index contributed by atoms with van der Waals surface area (Å²) >= 11 is 0. The predicted octanol–water partition coefficient (Wildman–Crippen LogP) is 1.32. The van der Waals surface area contributed by atoms with Crippen LogP contribution < -0.4 is 0 Å². The van der Waals surface area contributed by atoms with Gasteiger partial charge in [0.05, 0.1) is 24.2 Å². The Labute approximate surface area is 115 Å². The third kappa shape index (κ3) is 5.17. The van der Waals surface area contributed by atoms with Crippen LogP contribution in [-0.2, 0) is 9.53 Å². The van der Waals surface area contributed by atoms with Gasteiger partial charge in [0.25, 0.3) is 0 Å². The topological polar surface area (TPSA) is 73.6 Å². The number of nitrogens with zero attached hydrogens (tertiary/aromatic N) is 2. The summed E-state index contributed by atoms with van der Waals surface area (Å²) in [6.07, 6.45) is 3.07. The van der Waals surface area contributed by atoms with Gasteiger partial charge in [-0.3, -0.25) is 4.79 Å². The van der Waals surface area contributed by atoms with Crippen LogP contribution in [0.1, 0.15) is 39.0 Å². The first-order chi connectivity index (χ1) is 9.00. The fourth-order valence-corrected chi connectivity index (χ4v) is 2.63. The fraction of sp³-hybridized carbons (Fsp3) is 0.857. The molecule has 1 rings (SSSR count). The smallest absolute Gasteiger partial charge is 0.308 e. The molecule has 0 amide bonds. The van der Waals surface area contributed by atoms with Crippen molar-refractivity contribution in [2.45, 2.75) is 44.6 Å². The van der Waals surface area contributed by atoms with Gasteiger partial charge in [0.15, 0.2) is 0 Å². The van der Waals surface area contributed by atoms with Crippen molar-refractivity contribution in [3.63, 3.8) is 0 Å². The van der Waals surface area contributed by atoms with E-state index in [4.69, 9.17) is 10.00 Å². The number of hydrogen-bond donors (Lipinski definition) is 1. The standard InChI is InChI=1S/C14H24N2O3/c1-3-19-13(17)12-5-7-14(18,8-6-12)11-16(2)10-4-9-15/h12,18H,3-8,10-11H2,1-2H3. The Morgan fingerprint density at radius 1 is 1.53 bits per heavy atom. The zero-order valence-corrected chi connectivity index (χ0v) is 11.9. The maximum Gasteiger partial charge on any atom is 0.308 e. The average molecular weight is 268 g/mol. The second kappa shape index (κ2) is 7.46. The highest BCUT2D eigenvalue weighted by Gasteiger charge is 2.36. The molecule has 0 aromatic heterocycles. The van der Waals surface area contributed by atoms with Crippen molar-refractivity contribution < 1.29 is 14.6 Å². The highest BCUT2D eigenvalue weighted by atomic mass is 16.5. The summed E-state index contributed by atoms with van der Waals surface area (Å²) in [5, 5.41) is 19.0. The molecule has 0 aromatic rings. The molecule has 1 N–H and O–H groups in total. The highest BCUT2D eigenvalue weighted by Crippen LogP contribution is 2.33. The van der Waals surface area contributed by atoms with Crippen LogP contribution in [0.4, 0.5) is 0 Å². The van der Waals surface area contributed by atoms with E-state index < -0.39 is 5.60 Å². The molecule has 0 aromatic carbocycles. The van der Waals surface area contributed by atoms with Gasteiger partial charge in [0.1, 0.15) is 0 Å². The fourth-order valence-electron chi connectivity index (χ4n) is 2.63. The van der Waals surface area contributed by atoms with E-state index in [1.165, 1.54) is 0 Å². The largest absolute Gasteiger partial charge is 0.466 e. The van der Waals surface area contributed by atoms with E-state index in [0.29, 0.717) is 51.8 Å². The summed E-state index contributed by atoms with van der Waals surface area (Å²) in [5.74, 6) is -0.202. The van der Waals surface area contributed by atoms with E-state index in [2.05, 4.69) is 6.07 Å². The van der Waals surface area contributed by atoms with E-state index in [1.54, 1.807) is 6.92 Å². The third-order valence-corrected chi connectivity index (χ3v) is 3.71. The lowest BCUT2D eigenvalue weighted by atomic mass is 9.78. The Kier molecular flexibility index (Phi) is 6.26. The highest BCUT2D eigenvalue weighted by molar-refractivity contribution is 5.72. The molecule has 0 spiro atoms. The lowest BCUT2D eigenvalue weighted by Gasteiger charge is -2.37.